The molecule has 0 aliphatic carbocycles. The molecule has 3 N–H and O–H groups in total. The van der Waals surface area contributed by atoms with Gasteiger partial charge in [0.25, 0.3) is 10.0 Å². The number of carbonyl (C=O) groups is 1. The minimum absolute atomic E-state index is 0.0701. The predicted molar refractivity (Wildman–Crippen MR) is 126 cm³/mol. The van der Waals surface area contributed by atoms with Gasteiger partial charge in [0.15, 0.2) is 0 Å². The summed E-state index contributed by atoms with van der Waals surface area (Å²) in [6.45, 7) is 7.27. The van der Waals surface area contributed by atoms with Crippen LogP contribution in [0, 0.1) is 30.1 Å². The molecule has 0 aliphatic rings. The van der Waals surface area contributed by atoms with Crippen molar-refractivity contribution in [2.75, 3.05) is 11.3 Å². The fourth-order valence-corrected chi connectivity index (χ4v) is 4.16. The van der Waals surface area contributed by atoms with Crippen molar-refractivity contribution < 1.29 is 17.9 Å². The van der Waals surface area contributed by atoms with Crippen LogP contribution < -0.4 is 10.0 Å². The fraction of sp³-hybridized carbons (Fsp3) is 0.250. The number of amides is 1. The largest absolute Gasteiger partial charge is 0.444 e. The number of alkyl carbamates (subject to hydrolysis) is 1. The zero-order valence-electron chi connectivity index (χ0n) is 18.7. The van der Waals surface area contributed by atoms with E-state index < -0.39 is 21.7 Å². The first-order valence-corrected chi connectivity index (χ1v) is 11.6. The molecule has 0 aliphatic heterocycles. The molecule has 0 saturated carbocycles. The number of nitriles is 1. The van der Waals surface area contributed by atoms with Crippen LogP contribution in [0.1, 0.15) is 37.5 Å². The number of hydrogen-bond donors (Lipinski definition) is 3. The van der Waals surface area contributed by atoms with Crippen molar-refractivity contribution in [1.82, 2.24) is 10.3 Å². The van der Waals surface area contributed by atoms with Crippen molar-refractivity contribution in [3.8, 4) is 17.9 Å². The number of anilines is 1. The number of benzene rings is 2. The van der Waals surface area contributed by atoms with Gasteiger partial charge in [0.05, 0.1) is 28.2 Å². The summed E-state index contributed by atoms with van der Waals surface area (Å²) < 4.78 is 33.5. The number of aromatic nitrogens is 1. The highest BCUT2D eigenvalue weighted by Gasteiger charge is 2.18. The summed E-state index contributed by atoms with van der Waals surface area (Å²) in [6, 6.07) is 11.6. The third kappa shape index (κ3) is 5.85. The maximum atomic E-state index is 12.9. The molecule has 0 unspecified atom stereocenters. The van der Waals surface area contributed by atoms with Crippen molar-refractivity contribution in [1.29, 1.82) is 5.26 Å². The first kappa shape index (κ1) is 23.7. The molecule has 3 rings (SSSR count). The smallest absolute Gasteiger partial charge is 0.408 e. The number of aryl methyl sites for hydroxylation is 1. The van der Waals surface area contributed by atoms with Gasteiger partial charge in [0, 0.05) is 17.1 Å². The van der Waals surface area contributed by atoms with Crippen molar-refractivity contribution in [3.05, 3.63) is 59.3 Å². The van der Waals surface area contributed by atoms with Gasteiger partial charge in [-0.25, -0.2) is 13.2 Å². The molecule has 1 amide bonds. The van der Waals surface area contributed by atoms with Crippen LogP contribution in [0.4, 0.5) is 10.5 Å². The normalized spacial score (nSPS) is 11.2. The molecule has 0 saturated heterocycles. The summed E-state index contributed by atoms with van der Waals surface area (Å²) in [5.74, 6) is 5.65. The predicted octanol–water partition coefficient (Wildman–Crippen LogP) is 4.03. The zero-order chi connectivity index (χ0) is 24.2. The fourth-order valence-electron chi connectivity index (χ4n) is 3.09. The van der Waals surface area contributed by atoms with E-state index in [1.54, 1.807) is 51.2 Å². The van der Waals surface area contributed by atoms with Crippen LogP contribution in [0.3, 0.4) is 0 Å². The lowest BCUT2D eigenvalue weighted by Gasteiger charge is -2.18. The summed E-state index contributed by atoms with van der Waals surface area (Å²) in [5, 5.41) is 12.5. The Hall–Kier alpha value is -3.95. The molecule has 1 aromatic heterocycles. The lowest BCUT2D eigenvalue weighted by atomic mass is 10.1. The van der Waals surface area contributed by atoms with E-state index >= 15 is 0 Å². The number of hydrogen-bond acceptors (Lipinski definition) is 5. The average Bonchev–Trinajstić information content (AvgIpc) is 3.18. The van der Waals surface area contributed by atoms with Crippen molar-refractivity contribution in [2.24, 2.45) is 0 Å². The molecule has 0 atom stereocenters. The summed E-state index contributed by atoms with van der Waals surface area (Å²) >= 11 is 0. The Morgan fingerprint density at radius 3 is 2.48 bits per heavy atom. The number of nitrogens with one attached hydrogen (secondary N) is 3. The quantitative estimate of drug-likeness (QED) is 0.503. The van der Waals surface area contributed by atoms with Gasteiger partial charge in [-0.1, -0.05) is 17.9 Å². The van der Waals surface area contributed by atoms with Crippen LogP contribution in [-0.2, 0) is 14.8 Å². The second kappa shape index (κ2) is 9.27. The number of rotatable bonds is 4. The second-order valence-electron chi connectivity index (χ2n) is 8.28. The molecule has 8 nitrogen and oxygen atoms in total. The number of ether oxygens (including phenoxy) is 1. The molecular formula is C24H24N4O4S. The van der Waals surface area contributed by atoms with E-state index in [2.05, 4.69) is 32.9 Å². The lowest BCUT2D eigenvalue weighted by Crippen LogP contribution is -2.32. The molecule has 1 heterocycles. The van der Waals surface area contributed by atoms with Gasteiger partial charge >= 0.3 is 6.09 Å². The third-order valence-corrected chi connectivity index (χ3v) is 5.91. The number of nitrogens with zero attached hydrogens (tertiary/aromatic N) is 1. The van der Waals surface area contributed by atoms with E-state index in [0.717, 1.165) is 5.56 Å². The summed E-state index contributed by atoms with van der Waals surface area (Å²) in [7, 11) is -3.86. The molecule has 0 radical (unpaired) electrons. The van der Waals surface area contributed by atoms with E-state index in [9.17, 15) is 18.5 Å². The number of sulfonamides is 1. The van der Waals surface area contributed by atoms with E-state index in [4.69, 9.17) is 4.74 Å². The van der Waals surface area contributed by atoms with Gasteiger partial charge in [0.2, 0.25) is 0 Å². The number of aromatic amines is 1. The van der Waals surface area contributed by atoms with Gasteiger partial charge in [-0.2, -0.15) is 5.26 Å². The highest BCUT2D eigenvalue weighted by Crippen LogP contribution is 2.30. The Bertz CT molecular complexity index is 1400. The van der Waals surface area contributed by atoms with E-state index in [1.165, 1.54) is 12.1 Å². The molecule has 2 aromatic carbocycles. The maximum absolute atomic E-state index is 12.9. The van der Waals surface area contributed by atoms with Crippen molar-refractivity contribution in [3.63, 3.8) is 0 Å². The van der Waals surface area contributed by atoms with Gasteiger partial charge in [-0.3, -0.25) is 4.72 Å². The van der Waals surface area contributed by atoms with E-state index in [0.29, 0.717) is 27.7 Å². The van der Waals surface area contributed by atoms with Crippen LogP contribution in [0.2, 0.25) is 0 Å². The summed E-state index contributed by atoms with van der Waals surface area (Å²) in [5.41, 5.74) is 2.24. The second-order valence-corrected chi connectivity index (χ2v) is 9.96. The van der Waals surface area contributed by atoms with Crippen molar-refractivity contribution in [2.45, 2.75) is 38.2 Å². The zero-order valence-corrected chi connectivity index (χ0v) is 19.6. The van der Waals surface area contributed by atoms with Crippen LogP contribution in [0.25, 0.3) is 10.9 Å². The number of H-pyrrole nitrogens is 1. The summed E-state index contributed by atoms with van der Waals surface area (Å²) in [6.07, 6.45) is 0.999. The molecule has 3 aromatic rings. The first-order valence-electron chi connectivity index (χ1n) is 10.1. The minimum Gasteiger partial charge on any atom is -0.444 e. The molecule has 9 heteroatoms. The van der Waals surface area contributed by atoms with Crippen LogP contribution >= 0.6 is 0 Å². The molecule has 0 fully saturated rings. The lowest BCUT2D eigenvalue weighted by molar-refractivity contribution is 0.0535. The molecule has 170 valence electrons. The van der Waals surface area contributed by atoms with Gasteiger partial charge in [-0.15, -0.1) is 0 Å². The average molecular weight is 465 g/mol. The van der Waals surface area contributed by atoms with Crippen LogP contribution in [-0.4, -0.2) is 31.6 Å². The van der Waals surface area contributed by atoms with Crippen molar-refractivity contribution >= 4 is 32.7 Å². The molecule has 33 heavy (non-hydrogen) atoms. The molecular weight excluding hydrogens is 440 g/mol. The van der Waals surface area contributed by atoms with Gasteiger partial charge in [-0.05, 0) is 63.6 Å². The van der Waals surface area contributed by atoms with E-state index in [-0.39, 0.29) is 11.4 Å². The Balaban J connectivity index is 1.71. The Kier molecular flexibility index (Phi) is 6.66. The monoisotopic (exact) mass is 464 g/mol. The highest BCUT2D eigenvalue weighted by molar-refractivity contribution is 7.92. The standard InChI is InChI=1S/C24H24N4O4S/c1-16-7-12-20(22-21(16)18(14-25)15-27-22)28-33(30,31)19-10-8-17(9-11-19)6-5-13-26-23(29)32-24(2,3)4/h7-12,15,27-28H,13H2,1-4H3,(H,26,29). The Labute approximate surface area is 193 Å². The third-order valence-electron chi connectivity index (χ3n) is 4.53. The maximum Gasteiger partial charge on any atom is 0.408 e. The SMILES string of the molecule is Cc1ccc(NS(=O)(=O)c2ccc(C#CCNC(=O)OC(C)(C)C)cc2)c2[nH]cc(C#N)c12. The first-order chi connectivity index (χ1) is 15.5. The summed E-state index contributed by atoms with van der Waals surface area (Å²) in [4.78, 5) is 14.6. The Morgan fingerprint density at radius 1 is 1.15 bits per heavy atom. The van der Waals surface area contributed by atoms with E-state index in [1.807, 2.05) is 6.92 Å². The highest BCUT2D eigenvalue weighted by atomic mass is 32.2. The van der Waals surface area contributed by atoms with Gasteiger partial charge < -0.3 is 15.0 Å². The minimum atomic E-state index is -3.86. The van der Waals surface area contributed by atoms with Crippen LogP contribution in [0.5, 0.6) is 0 Å². The Morgan fingerprint density at radius 2 is 1.85 bits per heavy atom. The van der Waals surface area contributed by atoms with Crippen LogP contribution in [0.15, 0.2) is 47.5 Å². The number of carbonyl (C=O) groups excluding carboxylic acids is 1. The molecule has 0 bridgehead atoms. The topological polar surface area (TPSA) is 124 Å². The number of fused-ring (bicyclic) bond motifs is 1. The van der Waals surface area contributed by atoms with Gasteiger partial charge in [0.1, 0.15) is 11.7 Å². The molecule has 0 spiro atoms.